The normalized spacial score (nSPS) is 12.0. The molecule has 1 amide bonds. The number of halogens is 2. The summed E-state index contributed by atoms with van der Waals surface area (Å²) >= 11 is 13.4. The third-order valence-corrected chi connectivity index (χ3v) is 5.61. The van der Waals surface area contributed by atoms with Gasteiger partial charge < -0.3 is 9.30 Å². The van der Waals surface area contributed by atoms with Crippen LogP contribution in [0.3, 0.4) is 0 Å². The SMILES string of the molecule is Cc1ccc(C)c2c1sc(=NC(=O)COc1ccc(Cl)cc1Cl)n2C. The van der Waals surface area contributed by atoms with E-state index in [4.69, 9.17) is 27.9 Å². The molecule has 0 radical (unpaired) electrons. The fourth-order valence-electron chi connectivity index (χ4n) is 2.54. The highest BCUT2D eigenvalue weighted by molar-refractivity contribution is 7.16. The lowest BCUT2D eigenvalue weighted by atomic mass is 10.1. The highest BCUT2D eigenvalue weighted by atomic mass is 35.5. The zero-order chi connectivity index (χ0) is 18.1. The van der Waals surface area contributed by atoms with Crippen LogP contribution in [0.5, 0.6) is 5.75 Å². The summed E-state index contributed by atoms with van der Waals surface area (Å²) in [4.78, 5) is 17.0. The van der Waals surface area contributed by atoms with Gasteiger partial charge in [0, 0.05) is 12.1 Å². The van der Waals surface area contributed by atoms with Crippen molar-refractivity contribution in [3.8, 4) is 5.75 Å². The van der Waals surface area contributed by atoms with Crippen LogP contribution in [0.4, 0.5) is 0 Å². The van der Waals surface area contributed by atoms with Gasteiger partial charge in [-0.1, -0.05) is 46.7 Å². The number of thiazole rings is 1. The fraction of sp³-hybridized carbons (Fsp3) is 0.222. The van der Waals surface area contributed by atoms with Crippen molar-refractivity contribution in [3.63, 3.8) is 0 Å². The fourth-order valence-corrected chi connectivity index (χ4v) is 4.18. The lowest BCUT2D eigenvalue weighted by Gasteiger charge is -2.05. The maximum atomic E-state index is 12.2. The predicted molar refractivity (Wildman–Crippen MR) is 103 cm³/mol. The molecule has 0 aliphatic rings. The Morgan fingerprint density at radius 1 is 1.20 bits per heavy atom. The molecule has 0 aliphatic heterocycles. The Kier molecular flexibility index (Phi) is 5.18. The summed E-state index contributed by atoms with van der Waals surface area (Å²) in [7, 11) is 1.91. The third kappa shape index (κ3) is 3.73. The van der Waals surface area contributed by atoms with E-state index >= 15 is 0 Å². The molecular formula is C18H16Cl2N2O2S. The van der Waals surface area contributed by atoms with Crippen LogP contribution in [0.1, 0.15) is 11.1 Å². The molecule has 3 rings (SSSR count). The van der Waals surface area contributed by atoms with Crippen molar-refractivity contribution >= 4 is 50.7 Å². The molecule has 0 saturated heterocycles. The highest BCUT2D eigenvalue weighted by Crippen LogP contribution is 2.27. The molecule has 0 N–H and O–H groups in total. The van der Waals surface area contributed by atoms with Crippen LogP contribution in [-0.4, -0.2) is 17.1 Å². The molecular weight excluding hydrogens is 379 g/mol. The molecule has 1 heterocycles. The number of hydrogen-bond acceptors (Lipinski definition) is 3. The number of hydrogen-bond donors (Lipinski definition) is 0. The second-order valence-corrected chi connectivity index (χ2v) is 7.51. The summed E-state index contributed by atoms with van der Waals surface area (Å²) in [6.07, 6.45) is 0. The number of carbonyl (C=O) groups is 1. The first-order valence-electron chi connectivity index (χ1n) is 7.58. The Hall–Kier alpha value is -1.82. The summed E-state index contributed by atoms with van der Waals surface area (Å²) in [5, 5.41) is 0.871. The Morgan fingerprint density at radius 2 is 1.92 bits per heavy atom. The van der Waals surface area contributed by atoms with Gasteiger partial charge in [-0.2, -0.15) is 4.99 Å². The molecule has 25 heavy (non-hydrogen) atoms. The smallest absolute Gasteiger partial charge is 0.286 e. The van der Waals surface area contributed by atoms with E-state index in [-0.39, 0.29) is 12.5 Å². The van der Waals surface area contributed by atoms with Crippen LogP contribution in [0.15, 0.2) is 35.3 Å². The largest absolute Gasteiger partial charge is 0.482 e. The lowest BCUT2D eigenvalue weighted by Crippen LogP contribution is -2.17. The summed E-state index contributed by atoms with van der Waals surface area (Å²) in [6, 6.07) is 9.00. The van der Waals surface area contributed by atoms with Gasteiger partial charge in [-0.25, -0.2) is 0 Å². The van der Waals surface area contributed by atoms with Gasteiger partial charge in [0.05, 0.1) is 15.2 Å². The van der Waals surface area contributed by atoms with Gasteiger partial charge in [-0.05, 0) is 43.2 Å². The van der Waals surface area contributed by atoms with Crippen LogP contribution in [0.25, 0.3) is 10.2 Å². The van der Waals surface area contributed by atoms with E-state index in [2.05, 4.69) is 24.0 Å². The molecule has 0 unspecified atom stereocenters. The number of amides is 1. The molecule has 0 spiro atoms. The standard InChI is InChI=1S/C18H16Cl2N2O2S/c1-10-4-5-11(2)17-16(10)22(3)18(25-17)21-15(23)9-24-14-7-6-12(19)8-13(14)20/h4-8H,9H2,1-3H3. The van der Waals surface area contributed by atoms with E-state index in [1.807, 2.05) is 18.5 Å². The Labute approximate surface area is 159 Å². The first kappa shape index (κ1) is 18.0. The van der Waals surface area contributed by atoms with Crippen molar-refractivity contribution in [3.05, 3.63) is 56.3 Å². The molecule has 0 fully saturated rings. The van der Waals surface area contributed by atoms with E-state index in [1.54, 1.807) is 18.2 Å². The Morgan fingerprint density at radius 3 is 2.60 bits per heavy atom. The van der Waals surface area contributed by atoms with Crippen molar-refractivity contribution < 1.29 is 9.53 Å². The molecule has 1 aromatic heterocycles. The minimum absolute atomic E-state index is 0.187. The van der Waals surface area contributed by atoms with E-state index in [0.29, 0.717) is 20.6 Å². The average molecular weight is 395 g/mol. The second-order valence-electron chi connectivity index (χ2n) is 5.69. The van der Waals surface area contributed by atoms with Gasteiger partial charge in [0.15, 0.2) is 11.4 Å². The molecule has 2 aromatic carbocycles. The summed E-state index contributed by atoms with van der Waals surface area (Å²) in [5.41, 5.74) is 3.41. The zero-order valence-electron chi connectivity index (χ0n) is 14.0. The summed E-state index contributed by atoms with van der Waals surface area (Å²) in [6.45, 7) is 3.91. The van der Waals surface area contributed by atoms with Crippen molar-refractivity contribution in [2.24, 2.45) is 12.0 Å². The molecule has 0 saturated carbocycles. The van der Waals surface area contributed by atoms with Crippen molar-refractivity contribution in [2.45, 2.75) is 13.8 Å². The summed E-state index contributed by atoms with van der Waals surface area (Å²) < 4.78 is 8.52. The van der Waals surface area contributed by atoms with Crippen LogP contribution in [0.2, 0.25) is 10.0 Å². The highest BCUT2D eigenvalue weighted by Gasteiger charge is 2.10. The van der Waals surface area contributed by atoms with E-state index in [9.17, 15) is 4.79 Å². The van der Waals surface area contributed by atoms with Crippen LogP contribution in [-0.2, 0) is 11.8 Å². The molecule has 0 atom stereocenters. The van der Waals surface area contributed by atoms with Gasteiger partial charge in [0.1, 0.15) is 5.75 Å². The minimum Gasteiger partial charge on any atom is -0.482 e. The third-order valence-electron chi connectivity index (χ3n) is 3.81. The quantitative estimate of drug-likeness (QED) is 0.647. The van der Waals surface area contributed by atoms with Crippen LogP contribution < -0.4 is 9.54 Å². The first-order chi connectivity index (χ1) is 11.9. The lowest BCUT2D eigenvalue weighted by molar-refractivity contribution is -0.120. The van der Waals surface area contributed by atoms with Gasteiger partial charge in [0.25, 0.3) is 5.91 Å². The van der Waals surface area contributed by atoms with Crippen LogP contribution >= 0.6 is 34.5 Å². The molecule has 4 nitrogen and oxygen atoms in total. The van der Waals surface area contributed by atoms with Crippen molar-refractivity contribution in [1.82, 2.24) is 4.57 Å². The van der Waals surface area contributed by atoms with Gasteiger partial charge in [0.2, 0.25) is 0 Å². The average Bonchev–Trinajstić information content (AvgIpc) is 2.88. The van der Waals surface area contributed by atoms with Crippen molar-refractivity contribution in [2.75, 3.05) is 6.61 Å². The second kappa shape index (κ2) is 7.20. The topological polar surface area (TPSA) is 43.6 Å². The minimum atomic E-state index is -0.372. The van der Waals surface area contributed by atoms with Gasteiger partial charge >= 0.3 is 0 Å². The first-order valence-corrected chi connectivity index (χ1v) is 9.15. The number of ether oxygens (including phenoxy) is 1. The Bertz CT molecular complexity index is 1040. The molecule has 3 aromatic rings. The molecule has 0 aliphatic carbocycles. The Balaban J connectivity index is 1.86. The van der Waals surface area contributed by atoms with Gasteiger partial charge in [-0.3, -0.25) is 4.79 Å². The van der Waals surface area contributed by atoms with E-state index < -0.39 is 0 Å². The maximum Gasteiger partial charge on any atom is 0.286 e. The number of fused-ring (bicyclic) bond motifs is 1. The molecule has 130 valence electrons. The predicted octanol–water partition coefficient (Wildman–Crippen LogP) is 4.67. The van der Waals surface area contributed by atoms with Gasteiger partial charge in [-0.15, -0.1) is 0 Å². The van der Waals surface area contributed by atoms with Crippen LogP contribution in [0, 0.1) is 13.8 Å². The number of nitrogens with zero attached hydrogens (tertiary/aromatic N) is 2. The zero-order valence-corrected chi connectivity index (χ0v) is 16.3. The summed E-state index contributed by atoms with van der Waals surface area (Å²) in [5.74, 6) is 0.0329. The number of aryl methyl sites for hydroxylation is 3. The molecule has 0 bridgehead atoms. The molecule has 7 heteroatoms. The monoisotopic (exact) mass is 394 g/mol. The van der Waals surface area contributed by atoms with Crippen molar-refractivity contribution in [1.29, 1.82) is 0 Å². The maximum absolute atomic E-state index is 12.2. The van der Waals surface area contributed by atoms with E-state index in [1.165, 1.54) is 16.9 Å². The van der Waals surface area contributed by atoms with E-state index in [0.717, 1.165) is 15.8 Å². The number of carbonyl (C=O) groups excluding carboxylic acids is 1. The number of rotatable bonds is 3. The number of aromatic nitrogens is 1. The number of benzene rings is 2.